The Morgan fingerprint density at radius 1 is 1.18 bits per heavy atom. The lowest BCUT2D eigenvalue weighted by atomic mass is 9.83. The summed E-state index contributed by atoms with van der Waals surface area (Å²) in [5.74, 6) is 2.13. The number of pyridine rings is 1. The van der Waals surface area contributed by atoms with Gasteiger partial charge in [-0.1, -0.05) is 18.2 Å². The molecule has 2 aliphatic rings. The fraction of sp³-hybridized carbons (Fsp3) is 0.360. The van der Waals surface area contributed by atoms with Crippen molar-refractivity contribution in [1.82, 2.24) is 20.1 Å². The average molecular weight is 446 g/mol. The highest BCUT2D eigenvalue weighted by atomic mass is 16.5. The third kappa shape index (κ3) is 4.96. The van der Waals surface area contributed by atoms with Crippen molar-refractivity contribution in [2.75, 3.05) is 25.0 Å². The Bertz CT molecular complexity index is 1100. The molecule has 8 heteroatoms. The maximum absolute atomic E-state index is 12.5. The number of carbonyl (C=O) groups excluding carboxylic acids is 1. The van der Waals surface area contributed by atoms with Gasteiger partial charge in [-0.05, 0) is 61.6 Å². The number of hydrogen-bond acceptors (Lipinski definition) is 6. The Hall–Kier alpha value is -3.52. The quantitative estimate of drug-likeness (QED) is 0.634. The molecule has 170 valence electrons. The summed E-state index contributed by atoms with van der Waals surface area (Å²) in [5.41, 5.74) is 2.13. The van der Waals surface area contributed by atoms with Crippen LogP contribution in [0.2, 0.25) is 0 Å². The van der Waals surface area contributed by atoms with Gasteiger partial charge in [0.2, 0.25) is 5.88 Å². The van der Waals surface area contributed by atoms with E-state index in [1.54, 1.807) is 24.5 Å². The second-order valence-electron chi connectivity index (χ2n) is 8.77. The number of aryl methyl sites for hydroxylation is 1. The Kier molecular flexibility index (Phi) is 5.92. The van der Waals surface area contributed by atoms with Crippen molar-refractivity contribution < 1.29 is 14.3 Å². The molecule has 2 amide bonds. The van der Waals surface area contributed by atoms with E-state index in [2.05, 4.69) is 32.6 Å². The summed E-state index contributed by atoms with van der Waals surface area (Å²) in [7, 11) is 0. The van der Waals surface area contributed by atoms with Gasteiger partial charge in [0.05, 0.1) is 12.2 Å². The van der Waals surface area contributed by atoms with Crippen LogP contribution in [0, 0.1) is 6.92 Å². The van der Waals surface area contributed by atoms with Gasteiger partial charge in [0.1, 0.15) is 5.75 Å². The Labute approximate surface area is 193 Å². The third-order valence-electron chi connectivity index (χ3n) is 6.41. The summed E-state index contributed by atoms with van der Waals surface area (Å²) in [6, 6.07) is 15.4. The lowest BCUT2D eigenvalue weighted by Crippen LogP contribution is -2.47. The molecule has 0 aliphatic carbocycles. The van der Waals surface area contributed by atoms with Crippen LogP contribution in [-0.4, -0.2) is 51.4 Å². The molecule has 4 heterocycles. The highest BCUT2D eigenvalue weighted by Crippen LogP contribution is 2.43. The van der Waals surface area contributed by atoms with Gasteiger partial charge in [0.25, 0.3) is 0 Å². The number of carbonyl (C=O) groups is 1. The van der Waals surface area contributed by atoms with Crippen molar-refractivity contribution in [3.63, 3.8) is 0 Å². The van der Waals surface area contributed by atoms with Crippen LogP contribution in [0.3, 0.4) is 0 Å². The summed E-state index contributed by atoms with van der Waals surface area (Å²) < 4.78 is 12.3. The van der Waals surface area contributed by atoms with E-state index in [1.807, 2.05) is 36.1 Å². The van der Waals surface area contributed by atoms with Gasteiger partial charge in [0, 0.05) is 37.5 Å². The van der Waals surface area contributed by atoms with Crippen molar-refractivity contribution in [3.8, 4) is 11.6 Å². The predicted octanol–water partition coefficient (Wildman–Crippen LogP) is 4.54. The number of rotatable bonds is 4. The van der Waals surface area contributed by atoms with E-state index in [0.717, 1.165) is 30.6 Å². The standard InChI is InChI=1S/C25H27N5O3/c1-18-7-8-23(26-16-18)33-21-5-2-4-19(14-21)20-15-25(32-17-20)9-12-30(13-10-25)24(31)28-22-6-3-11-27-29-22/h2-8,11,14,16,20H,9-10,12-13,15,17H2,1H3,(H,28,29,31)/t20-/m0/s1. The van der Waals surface area contributed by atoms with Crippen LogP contribution in [0.15, 0.2) is 60.9 Å². The zero-order valence-corrected chi connectivity index (χ0v) is 18.6. The number of nitrogens with one attached hydrogen (secondary N) is 1. The smallest absolute Gasteiger partial charge is 0.323 e. The van der Waals surface area contributed by atoms with Crippen molar-refractivity contribution >= 4 is 11.8 Å². The minimum atomic E-state index is -0.177. The highest BCUT2D eigenvalue weighted by Gasteiger charge is 2.43. The van der Waals surface area contributed by atoms with Crippen LogP contribution in [0.4, 0.5) is 10.6 Å². The second-order valence-corrected chi connectivity index (χ2v) is 8.77. The van der Waals surface area contributed by atoms with Crippen LogP contribution in [0.1, 0.15) is 36.3 Å². The van der Waals surface area contributed by atoms with Crippen LogP contribution in [0.25, 0.3) is 0 Å². The summed E-state index contributed by atoms with van der Waals surface area (Å²) in [4.78, 5) is 18.7. The SMILES string of the molecule is Cc1ccc(Oc2cccc([C@@H]3COC4(CCN(C(=O)Nc5cccnn5)CC4)C3)c2)nc1. The van der Waals surface area contributed by atoms with Crippen LogP contribution in [-0.2, 0) is 4.74 Å². The van der Waals surface area contributed by atoms with Crippen molar-refractivity contribution in [2.45, 2.75) is 37.7 Å². The first-order chi connectivity index (χ1) is 16.1. The van der Waals surface area contributed by atoms with Crippen molar-refractivity contribution in [1.29, 1.82) is 0 Å². The van der Waals surface area contributed by atoms with Gasteiger partial charge >= 0.3 is 6.03 Å². The number of nitrogens with zero attached hydrogens (tertiary/aromatic N) is 4. The number of aromatic nitrogens is 3. The first-order valence-corrected chi connectivity index (χ1v) is 11.3. The maximum atomic E-state index is 12.5. The summed E-state index contributed by atoms with van der Waals surface area (Å²) in [6.45, 7) is 3.99. The second kappa shape index (κ2) is 9.15. The van der Waals surface area contributed by atoms with Gasteiger partial charge in [0.15, 0.2) is 5.82 Å². The number of ether oxygens (including phenoxy) is 2. The molecule has 8 nitrogen and oxygen atoms in total. The van der Waals surface area contributed by atoms with E-state index in [4.69, 9.17) is 9.47 Å². The molecule has 0 radical (unpaired) electrons. The zero-order valence-electron chi connectivity index (χ0n) is 18.6. The number of urea groups is 1. The van der Waals surface area contributed by atoms with E-state index < -0.39 is 0 Å². The van der Waals surface area contributed by atoms with Crippen LogP contribution < -0.4 is 10.1 Å². The van der Waals surface area contributed by atoms with Gasteiger partial charge in [-0.3, -0.25) is 5.32 Å². The van der Waals surface area contributed by atoms with E-state index in [0.29, 0.717) is 37.3 Å². The van der Waals surface area contributed by atoms with Crippen LogP contribution >= 0.6 is 0 Å². The van der Waals surface area contributed by atoms with Crippen LogP contribution in [0.5, 0.6) is 11.6 Å². The molecule has 0 bridgehead atoms. The first-order valence-electron chi connectivity index (χ1n) is 11.3. The molecular formula is C25H27N5O3. The zero-order chi connectivity index (χ0) is 22.7. The lowest BCUT2D eigenvalue weighted by Gasteiger charge is -2.38. The third-order valence-corrected chi connectivity index (χ3v) is 6.41. The molecule has 2 fully saturated rings. The number of anilines is 1. The summed E-state index contributed by atoms with van der Waals surface area (Å²) in [6.07, 6.45) is 5.96. The molecule has 3 aromatic rings. The molecule has 5 rings (SSSR count). The topological polar surface area (TPSA) is 89.5 Å². The maximum Gasteiger partial charge on any atom is 0.323 e. The number of likely N-dealkylation sites (tertiary alicyclic amines) is 1. The fourth-order valence-corrected chi connectivity index (χ4v) is 4.55. The van der Waals surface area contributed by atoms with Gasteiger partial charge in [-0.25, -0.2) is 9.78 Å². The molecule has 0 saturated carbocycles. The normalized spacial score (nSPS) is 19.4. The molecule has 2 aromatic heterocycles. The van der Waals surface area contributed by atoms with Crippen molar-refractivity contribution in [3.05, 3.63) is 72.1 Å². The summed E-state index contributed by atoms with van der Waals surface area (Å²) in [5, 5.41) is 10.5. The number of piperidine rings is 1. The number of amides is 2. The minimum absolute atomic E-state index is 0.144. The van der Waals surface area contributed by atoms with Gasteiger partial charge in [-0.2, -0.15) is 5.10 Å². The van der Waals surface area contributed by atoms with Crippen molar-refractivity contribution in [2.24, 2.45) is 0 Å². The largest absolute Gasteiger partial charge is 0.439 e. The lowest BCUT2D eigenvalue weighted by molar-refractivity contribution is -0.0355. The van der Waals surface area contributed by atoms with E-state index in [-0.39, 0.29) is 11.6 Å². The molecule has 1 N–H and O–H groups in total. The molecule has 2 saturated heterocycles. The number of hydrogen-bond donors (Lipinski definition) is 1. The fourth-order valence-electron chi connectivity index (χ4n) is 4.55. The molecule has 0 unspecified atom stereocenters. The first kappa shape index (κ1) is 21.3. The van der Waals surface area contributed by atoms with E-state index in [9.17, 15) is 4.79 Å². The average Bonchev–Trinajstić information content (AvgIpc) is 3.25. The molecule has 1 aromatic carbocycles. The number of benzene rings is 1. The molecule has 1 atom stereocenters. The van der Waals surface area contributed by atoms with E-state index in [1.165, 1.54) is 5.56 Å². The predicted molar refractivity (Wildman–Crippen MR) is 123 cm³/mol. The molecule has 33 heavy (non-hydrogen) atoms. The monoisotopic (exact) mass is 445 g/mol. The molecule has 2 aliphatic heterocycles. The minimum Gasteiger partial charge on any atom is -0.439 e. The highest BCUT2D eigenvalue weighted by molar-refractivity contribution is 5.88. The van der Waals surface area contributed by atoms with E-state index >= 15 is 0 Å². The Morgan fingerprint density at radius 2 is 2.06 bits per heavy atom. The molecule has 1 spiro atoms. The Balaban J connectivity index is 1.18. The van der Waals surface area contributed by atoms with Gasteiger partial charge < -0.3 is 14.4 Å². The van der Waals surface area contributed by atoms with Gasteiger partial charge in [-0.15, -0.1) is 5.10 Å². The molecular weight excluding hydrogens is 418 g/mol. The Morgan fingerprint density at radius 3 is 2.82 bits per heavy atom. The summed E-state index contributed by atoms with van der Waals surface area (Å²) >= 11 is 0.